The van der Waals surface area contributed by atoms with Crippen LogP contribution in [0, 0.1) is 0 Å². The van der Waals surface area contributed by atoms with Crippen molar-refractivity contribution in [2.75, 3.05) is 11.4 Å². The van der Waals surface area contributed by atoms with Crippen molar-refractivity contribution in [3.05, 3.63) is 18.5 Å². The number of alkyl carbamates (subject to hydrolysis) is 1. The molecule has 1 aromatic rings. The number of aliphatic imine (C=N–C) groups is 1. The third-order valence-corrected chi connectivity index (χ3v) is 4.03. The average molecular weight is 348 g/mol. The van der Waals surface area contributed by atoms with Crippen LogP contribution in [0.15, 0.2) is 23.5 Å². The maximum Gasteiger partial charge on any atom is 0.407 e. The molecule has 1 N–H and O–H groups in total. The van der Waals surface area contributed by atoms with E-state index in [0.29, 0.717) is 5.69 Å². The Morgan fingerprint density at radius 2 is 2.29 bits per heavy atom. The molecule has 7 heteroatoms. The van der Waals surface area contributed by atoms with Crippen molar-refractivity contribution < 1.29 is 9.53 Å². The smallest absolute Gasteiger partial charge is 0.407 e. The molecule has 0 aromatic carbocycles. The lowest BCUT2D eigenvalue weighted by atomic mass is 9.96. The van der Waals surface area contributed by atoms with Gasteiger partial charge in [0.15, 0.2) is 0 Å². The van der Waals surface area contributed by atoms with Gasteiger partial charge in [0.1, 0.15) is 11.3 Å². The number of hydrogen-bond acceptors (Lipinski definition) is 6. The number of hydrogen-bond donors (Lipinski definition) is 1. The molecule has 130 valence electrons. The van der Waals surface area contributed by atoms with E-state index < -0.39 is 5.60 Å². The lowest BCUT2D eigenvalue weighted by molar-refractivity contribution is 0.0489. The molecular weight excluding hydrogens is 324 g/mol. The molecule has 1 saturated heterocycles. The summed E-state index contributed by atoms with van der Waals surface area (Å²) in [5, 5.41) is 5.39. The summed E-state index contributed by atoms with van der Waals surface area (Å²) in [6.07, 6.45) is 4.90. The van der Waals surface area contributed by atoms with E-state index in [1.54, 1.807) is 12.4 Å². The van der Waals surface area contributed by atoms with Crippen molar-refractivity contribution in [1.82, 2.24) is 10.3 Å². The number of nitrogens with zero attached hydrogens (tertiary/aromatic N) is 3. The lowest BCUT2D eigenvalue weighted by Gasteiger charge is -2.41. The first-order chi connectivity index (χ1) is 11.3. The second-order valence-corrected chi connectivity index (χ2v) is 7.08. The molecule has 0 spiro atoms. The Morgan fingerprint density at radius 1 is 1.54 bits per heavy atom. The number of thiocarbonyl (C=S) groups is 1. The first-order valence-electron chi connectivity index (χ1n) is 8.10. The van der Waals surface area contributed by atoms with Crippen LogP contribution in [0.2, 0.25) is 0 Å². The number of ether oxygens (including phenoxy) is 1. The Balaban J connectivity index is 2.14. The van der Waals surface area contributed by atoms with E-state index in [4.69, 9.17) is 17.0 Å². The van der Waals surface area contributed by atoms with Gasteiger partial charge in [-0.2, -0.15) is 4.99 Å². The van der Waals surface area contributed by atoms with Crippen molar-refractivity contribution in [3.63, 3.8) is 0 Å². The van der Waals surface area contributed by atoms with E-state index in [1.165, 1.54) is 0 Å². The number of carbonyl (C=O) groups excluding carboxylic acids is 1. The minimum absolute atomic E-state index is 0.00563. The van der Waals surface area contributed by atoms with Crippen LogP contribution >= 0.6 is 12.2 Å². The molecule has 0 radical (unpaired) electrons. The van der Waals surface area contributed by atoms with Gasteiger partial charge in [-0.1, -0.05) is 0 Å². The second kappa shape index (κ2) is 7.73. The van der Waals surface area contributed by atoms with Gasteiger partial charge in [0.05, 0.1) is 23.1 Å². The Labute approximate surface area is 148 Å². The second-order valence-electron chi connectivity index (χ2n) is 6.90. The Bertz CT molecular complexity index is 638. The molecule has 1 amide bonds. The third kappa shape index (κ3) is 4.76. The van der Waals surface area contributed by atoms with Gasteiger partial charge in [0.2, 0.25) is 0 Å². The predicted octanol–water partition coefficient (Wildman–Crippen LogP) is 3.70. The number of pyridine rings is 1. The molecule has 1 aliphatic heterocycles. The number of amides is 1. The fourth-order valence-corrected chi connectivity index (χ4v) is 2.99. The molecule has 1 unspecified atom stereocenters. The summed E-state index contributed by atoms with van der Waals surface area (Å²) in [4.78, 5) is 22.5. The van der Waals surface area contributed by atoms with Crippen LogP contribution in [0.4, 0.5) is 16.2 Å². The summed E-state index contributed by atoms with van der Waals surface area (Å²) < 4.78 is 5.37. The summed E-state index contributed by atoms with van der Waals surface area (Å²) in [5.74, 6) is 0. The van der Waals surface area contributed by atoms with Crippen LogP contribution in [-0.4, -0.2) is 40.5 Å². The first-order valence-corrected chi connectivity index (χ1v) is 8.50. The number of aromatic nitrogens is 1. The summed E-state index contributed by atoms with van der Waals surface area (Å²) in [6, 6.07) is 2.02. The fourth-order valence-electron chi connectivity index (χ4n) is 2.89. The van der Waals surface area contributed by atoms with Crippen molar-refractivity contribution >= 4 is 34.8 Å². The van der Waals surface area contributed by atoms with E-state index in [0.717, 1.165) is 25.1 Å². The van der Waals surface area contributed by atoms with Gasteiger partial charge >= 0.3 is 6.09 Å². The van der Waals surface area contributed by atoms with Crippen molar-refractivity contribution in [2.45, 2.75) is 58.2 Å². The van der Waals surface area contributed by atoms with Crippen LogP contribution in [0.5, 0.6) is 0 Å². The molecule has 2 atom stereocenters. The highest BCUT2D eigenvalue weighted by Gasteiger charge is 2.31. The van der Waals surface area contributed by atoms with E-state index in [-0.39, 0.29) is 18.2 Å². The molecule has 24 heavy (non-hydrogen) atoms. The largest absolute Gasteiger partial charge is 0.444 e. The zero-order chi connectivity index (χ0) is 17.7. The van der Waals surface area contributed by atoms with Gasteiger partial charge in [-0.25, -0.2) is 4.79 Å². The number of nitrogens with one attached hydrogen (secondary N) is 1. The van der Waals surface area contributed by atoms with Gasteiger partial charge in [-0.05, 0) is 58.8 Å². The van der Waals surface area contributed by atoms with Crippen molar-refractivity contribution in [1.29, 1.82) is 0 Å². The molecule has 2 rings (SSSR count). The van der Waals surface area contributed by atoms with Gasteiger partial charge in [0.25, 0.3) is 0 Å². The van der Waals surface area contributed by atoms with Crippen molar-refractivity contribution in [2.24, 2.45) is 4.99 Å². The van der Waals surface area contributed by atoms with Gasteiger partial charge in [0, 0.05) is 18.8 Å². The van der Waals surface area contributed by atoms with Crippen LogP contribution in [0.3, 0.4) is 0 Å². The molecular formula is C17H24N4O2S. The highest BCUT2D eigenvalue weighted by atomic mass is 32.1. The zero-order valence-corrected chi connectivity index (χ0v) is 15.4. The standard InChI is InChI=1S/C17H24N4O2S/c1-12-13(20-16(22)23-17(2,3)4)6-5-9-21(12)15-7-8-18-10-14(15)19-11-24/h7-8,10,12-13H,5-6,9H2,1-4H3,(H,20,22)/t12?,13-/m0/s1. The quantitative estimate of drug-likeness (QED) is 0.666. The van der Waals surface area contributed by atoms with Crippen LogP contribution in [0.25, 0.3) is 0 Å². The minimum atomic E-state index is -0.506. The highest BCUT2D eigenvalue weighted by molar-refractivity contribution is 7.78. The monoisotopic (exact) mass is 348 g/mol. The minimum Gasteiger partial charge on any atom is -0.444 e. The van der Waals surface area contributed by atoms with Crippen molar-refractivity contribution in [3.8, 4) is 0 Å². The van der Waals surface area contributed by atoms with Crippen LogP contribution in [0.1, 0.15) is 40.5 Å². The fraction of sp³-hybridized carbons (Fsp3) is 0.588. The number of anilines is 1. The number of carbonyl (C=O) groups is 1. The Hall–Kier alpha value is -1.98. The summed E-state index contributed by atoms with van der Waals surface area (Å²) in [6.45, 7) is 8.55. The van der Waals surface area contributed by atoms with Crippen LogP contribution < -0.4 is 10.2 Å². The number of piperidine rings is 1. The van der Waals surface area contributed by atoms with E-state index in [2.05, 4.69) is 32.3 Å². The average Bonchev–Trinajstić information content (AvgIpc) is 2.49. The molecule has 0 bridgehead atoms. The summed E-state index contributed by atoms with van der Waals surface area (Å²) in [7, 11) is 0. The maximum absolute atomic E-state index is 12.1. The van der Waals surface area contributed by atoms with Crippen LogP contribution in [-0.2, 0) is 4.74 Å². The normalized spacial score (nSPS) is 20.9. The summed E-state index contributed by atoms with van der Waals surface area (Å²) >= 11 is 4.72. The molecule has 1 aromatic heterocycles. The lowest BCUT2D eigenvalue weighted by Crippen LogP contribution is -2.54. The molecule has 2 heterocycles. The van der Waals surface area contributed by atoms with Gasteiger partial charge in [-0.15, -0.1) is 0 Å². The summed E-state index contributed by atoms with van der Waals surface area (Å²) in [5.41, 5.74) is 1.14. The zero-order valence-electron chi connectivity index (χ0n) is 14.6. The third-order valence-electron chi connectivity index (χ3n) is 3.94. The van der Waals surface area contributed by atoms with Gasteiger partial charge < -0.3 is 15.0 Å². The van der Waals surface area contributed by atoms with Gasteiger partial charge in [-0.3, -0.25) is 4.98 Å². The Kier molecular flexibility index (Phi) is 5.91. The molecule has 6 nitrogen and oxygen atoms in total. The Morgan fingerprint density at radius 3 is 2.96 bits per heavy atom. The molecule has 0 aliphatic carbocycles. The molecule has 1 aliphatic rings. The maximum atomic E-state index is 12.1. The topological polar surface area (TPSA) is 66.8 Å². The van der Waals surface area contributed by atoms with E-state index in [9.17, 15) is 4.79 Å². The predicted molar refractivity (Wildman–Crippen MR) is 98.1 cm³/mol. The molecule has 1 fully saturated rings. The molecule has 0 saturated carbocycles. The van der Waals surface area contributed by atoms with E-state index >= 15 is 0 Å². The number of rotatable bonds is 3. The SMILES string of the molecule is CC1[C@@H](NC(=O)OC(C)(C)C)CCCN1c1ccncc1N=C=S. The van der Waals surface area contributed by atoms with E-state index in [1.807, 2.05) is 26.8 Å². The first kappa shape index (κ1) is 18.4. The highest BCUT2D eigenvalue weighted by Crippen LogP contribution is 2.32. The number of isothiocyanates is 1.